The number of aryl methyl sites for hydroxylation is 1. The number of hydrogen-bond acceptors (Lipinski definition) is 3. The van der Waals surface area contributed by atoms with Crippen LogP contribution in [0, 0.1) is 0 Å². The quantitative estimate of drug-likeness (QED) is 0.862. The van der Waals surface area contributed by atoms with E-state index in [2.05, 4.69) is 36.3 Å². The highest BCUT2D eigenvalue weighted by Crippen LogP contribution is 2.14. The lowest BCUT2D eigenvalue weighted by atomic mass is 10.4. The molecule has 2 heterocycles. The van der Waals surface area contributed by atoms with Crippen molar-refractivity contribution in [3.05, 3.63) is 30.2 Å². The van der Waals surface area contributed by atoms with Gasteiger partial charge in [-0.05, 0) is 26.8 Å². The van der Waals surface area contributed by atoms with Crippen LogP contribution in [0.15, 0.2) is 24.5 Å². The average Bonchev–Trinajstić information content (AvgIpc) is 2.94. The predicted molar refractivity (Wildman–Crippen MR) is 67.8 cm³/mol. The second-order valence-electron chi connectivity index (χ2n) is 4.25. The third-order valence-electron chi connectivity index (χ3n) is 2.71. The van der Waals surface area contributed by atoms with E-state index in [1.54, 1.807) is 0 Å². The fraction of sp³-hybridized carbons (Fsp3) is 0.500. The number of rotatable bonds is 5. The standard InChI is InChI=1S/C12H19N5/c1-4-16-11(5-7-14-16)9-13-12-6-8-15-17(12)10(2)3/h5-8,10,13H,4,9H2,1-3H3. The average molecular weight is 233 g/mol. The monoisotopic (exact) mass is 233 g/mol. The van der Waals surface area contributed by atoms with Gasteiger partial charge in [0, 0.05) is 24.8 Å². The summed E-state index contributed by atoms with van der Waals surface area (Å²) in [5, 5.41) is 11.9. The number of hydrogen-bond donors (Lipinski definition) is 1. The zero-order chi connectivity index (χ0) is 12.3. The van der Waals surface area contributed by atoms with Gasteiger partial charge in [-0.2, -0.15) is 10.2 Å². The number of nitrogens with one attached hydrogen (secondary N) is 1. The van der Waals surface area contributed by atoms with Crippen molar-refractivity contribution < 1.29 is 0 Å². The maximum Gasteiger partial charge on any atom is 0.124 e. The molecule has 0 bridgehead atoms. The molecule has 5 heteroatoms. The summed E-state index contributed by atoms with van der Waals surface area (Å²) in [6.07, 6.45) is 3.65. The van der Waals surface area contributed by atoms with Crippen LogP contribution in [0.3, 0.4) is 0 Å². The molecule has 0 saturated heterocycles. The van der Waals surface area contributed by atoms with E-state index >= 15 is 0 Å². The first-order chi connectivity index (χ1) is 8.22. The molecular formula is C12H19N5. The second-order valence-corrected chi connectivity index (χ2v) is 4.25. The van der Waals surface area contributed by atoms with Crippen LogP contribution in [0.25, 0.3) is 0 Å². The molecular weight excluding hydrogens is 214 g/mol. The molecule has 0 unspecified atom stereocenters. The lowest BCUT2D eigenvalue weighted by Gasteiger charge is -2.13. The summed E-state index contributed by atoms with van der Waals surface area (Å²) in [7, 11) is 0. The SMILES string of the molecule is CCn1nccc1CNc1ccnn1C(C)C. The first kappa shape index (κ1) is 11.7. The Hall–Kier alpha value is -1.78. The molecule has 0 fully saturated rings. The molecule has 0 radical (unpaired) electrons. The van der Waals surface area contributed by atoms with E-state index in [1.807, 2.05) is 33.9 Å². The van der Waals surface area contributed by atoms with Gasteiger partial charge in [0.05, 0.1) is 18.4 Å². The second kappa shape index (κ2) is 5.03. The van der Waals surface area contributed by atoms with Gasteiger partial charge in [0.2, 0.25) is 0 Å². The molecule has 2 rings (SSSR count). The first-order valence-corrected chi connectivity index (χ1v) is 6.00. The molecule has 0 aromatic carbocycles. The van der Waals surface area contributed by atoms with Crippen LogP contribution in [0.5, 0.6) is 0 Å². The van der Waals surface area contributed by atoms with Crippen LogP contribution in [0.4, 0.5) is 5.82 Å². The van der Waals surface area contributed by atoms with Crippen LogP contribution in [0.1, 0.15) is 32.5 Å². The van der Waals surface area contributed by atoms with Gasteiger partial charge >= 0.3 is 0 Å². The van der Waals surface area contributed by atoms with Crippen molar-refractivity contribution in [1.29, 1.82) is 0 Å². The molecule has 2 aromatic rings. The summed E-state index contributed by atoms with van der Waals surface area (Å²) in [6, 6.07) is 4.39. The van der Waals surface area contributed by atoms with Gasteiger partial charge in [-0.1, -0.05) is 0 Å². The van der Waals surface area contributed by atoms with Crippen molar-refractivity contribution in [1.82, 2.24) is 19.6 Å². The van der Waals surface area contributed by atoms with Gasteiger partial charge in [-0.3, -0.25) is 4.68 Å². The lowest BCUT2D eigenvalue weighted by Crippen LogP contribution is -2.12. The molecule has 0 spiro atoms. The summed E-state index contributed by atoms with van der Waals surface area (Å²) < 4.78 is 3.97. The Morgan fingerprint density at radius 1 is 1.24 bits per heavy atom. The predicted octanol–water partition coefficient (Wildman–Crippen LogP) is 2.29. The molecule has 0 saturated carbocycles. The minimum Gasteiger partial charge on any atom is -0.365 e. The Morgan fingerprint density at radius 3 is 2.71 bits per heavy atom. The van der Waals surface area contributed by atoms with E-state index in [0.717, 1.165) is 18.9 Å². The highest BCUT2D eigenvalue weighted by Gasteiger charge is 2.06. The summed E-state index contributed by atoms with van der Waals surface area (Å²) in [6.45, 7) is 8.00. The number of aromatic nitrogens is 4. The zero-order valence-electron chi connectivity index (χ0n) is 10.6. The summed E-state index contributed by atoms with van der Waals surface area (Å²) in [5.74, 6) is 1.05. The molecule has 0 atom stereocenters. The number of nitrogens with zero attached hydrogens (tertiary/aromatic N) is 4. The first-order valence-electron chi connectivity index (χ1n) is 6.00. The Bertz CT molecular complexity index is 469. The van der Waals surface area contributed by atoms with Crippen molar-refractivity contribution >= 4 is 5.82 Å². The van der Waals surface area contributed by atoms with Gasteiger partial charge in [-0.15, -0.1) is 0 Å². The van der Waals surface area contributed by atoms with E-state index in [-0.39, 0.29) is 0 Å². The topological polar surface area (TPSA) is 47.7 Å². The van der Waals surface area contributed by atoms with Crippen LogP contribution in [-0.4, -0.2) is 19.6 Å². The lowest BCUT2D eigenvalue weighted by molar-refractivity contribution is 0.536. The molecule has 0 amide bonds. The van der Waals surface area contributed by atoms with E-state index in [0.29, 0.717) is 6.04 Å². The van der Waals surface area contributed by atoms with Gasteiger partial charge < -0.3 is 5.32 Å². The highest BCUT2D eigenvalue weighted by atomic mass is 15.3. The zero-order valence-corrected chi connectivity index (χ0v) is 10.6. The van der Waals surface area contributed by atoms with E-state index in [9.17, 15) is 0 Å². The van der Waals surface area contributed by atoms with Crippen LogP contribution in [0.2, 0.25) is 0 Å². The van der Waals surface area contributed by atoms with Gasteiger partial charge in [-0.25, -0.2) is 4.68 Å². The smallest absolute Gasteiger partial charge is 0.124 e. The minimum atomic E-state index is 0.364. The van der Waals surface area contributed by atoms with Gasteiger partial charge in [0.1, 0.15) is 5.82 Å². The Balaban J connectivity index is 2.05. The van der Waals surface area contributed by atoms with E-state index in [4.69, 9.17) is 0 Å². The Morgan fingerprint density at radius 2 is 2.00 bits per heavy atom. The highest BCUT2D eigenvalue weighted by molar-refractivity contribution is 5.34. The summed E-state index contributed by atoms with van der Waals surface area (Å²) in [5.41, 5.74) is 1.18. The molecule has 1 N–H and O–H groups in total. The van der Waals surface area contributed by atoms with Gasteiger partial charge in [0.15, 0.2) is 0 Å². The van der Waals surface area contributed by atoms with E-state index in [1.165, 1.54) is 5.69 Å². The van der Waals surface area contributed by atoms with Crippen LogP contribution < -0.4 is 5.32 Å². The fourth-order valence-corrected chi connectivity index (χ4v) is 1.84. The number of anilines is 1. The van der Waals surface area contributed by atoms with Crippen molar-refractivity contribution in [2.24, 2.45) is 0 Å². The maximum atomic E-state index is 4.29. The normalized spacial score (nSPS) is 11.1. The molecule has 0 aliphatic carbocycles. The molecule has 92 valence electrons. The fourth-order valence-electron chi connectivity index (χ4n) is 1.84. The molecule has 2 aromatic heterocycles. The van der Waals surface area contributed by atoms with Crippen molar-refractivity contribution in [3.63, 3.8) is 0 Å². The van der Waals surface area contributed by atoms with Crippen LogP contribution in [-0.2, 0) is 13.1 Å². The summed E-state index contributed by atoms with van der Waals surface area (Å²) >= 11 is 0. The molecule has 0 aliphatic heterocycles. The van der Waals surface area contributed by atoms with Crippen LogP contribution >= 0.6 is 0 Å². The molecule has 5 nitrogen and oxygen atoms in total. The van der Waals surface area contributed by atoms with E-state index < -0.39 is 0 Å². The Labute approximate surface area is 101 Å². The third-order valence-corrected chi connectivity index (χ3v) is 2.71. The minimum absolute atomic E-state index is 0.364. The molecule has 17 heavy (non-hydrogen) atoms. The van der Waals surface area contributed by atoms with Crippen molar-refractivity contribution in [2.45, 2.75) is 39.9 Å². The van der Waals surface area contributed by atoms with Crippen molar-refractivity contribution in [3.8, 4) is 0 Å². The third kappa shape index (κ3) is 2.49. The molecule has 0 aliphatic rings. The Kier molecular flexibility index (Phi) is 3.46. The van der Waals surface area contributed by atoms with Crippen molar-refractivity contribution in [2.75, 3.05) is 5.32 Å². The van der Waals surface area contributed by atoms with Gasteiger partial charge in [0.25, 0.3) is 0 Å². The summed E-state index contributed by atoms with van der Waals surface area (Å²) in [4.78, 5) is 0. The largest absolute Gasteiger partial charge is 0.365 e. The maximum absolute atomic E-state index is 4.29.